The van der Waals surface area contributed by atoms with Gasteiger partial charge in [-0.05, 0) is 19.5 Å². The Balaban J connectivity index is 2.00. The Morgan fingerprint density at radius 2 is 2.00 bits per heavy atom. The van der Waals surface area contributed by atoms with Crippen LogP contribution in [0.3, 0.4) is 0 Å². The summed E-state index contributed by atoms with van der Waals surface area (Å²) in [6, 6.07) is 10.5. The predicted octanol–water partition coefficient (Wildman–Crippen LogP) is 1.94. The normalized spacial score (nSPS) is 14.6. The molecule has 19 heavy (non-hydrogen) atoms. The molecule has 1 heterocycles. The zero-order chi connectivity index (χ0) is 13.8. The third kappa shape index (κ3) is 3.43. The van der Waals surface area contributed by atoms with E-state index in [1.807, 2.05) is 42.3 Å². The second-order valence-electron chi connectivity index (χ2n) is 5.11. The highest BCUT2D eigenvalue weighted by molar-refractivity contribution is 5.20. The minimum absolute atomic E-state index is 0.0165. The summed E-state index contributed by atoms with van der Waals surface area (Å²) in [5.41, 5.74) is 8.72. The molecule has 0 saturated carbocycles. The van der Waals surface area contributed by atoms with Gasteiger partial charge in [0.25, 0.3) is 0 Å². The molecule has 0 aliphatic heterocycles. The quantitative estimate of drug-likeness (QED) is 0.891. The van der Waals surface area contributed by atoms with Gasteiger partial charge in [0, 0.05) is 37.4 Å². The standard InChI is InChI=1S/C15H22N4/c1-12(15(16)14-7-5-4-6-8-14)18(2)10-13-9-17-19(3)11-13/h4-9,11-12,15H,10,16H2,1-3H3. The molecule has 2 atom stereocenters. The Bertz CT molecular complexity index is 506. The van der Waals surface area contributed by atoms with Crippen LogP contribution in [0.5, 0.6) is 0 Å². The predicted molar refractivity (Wildman–Crippen MR) is 77.5 cm³/mol. The van der Waals surface area contributed by atoms with E-state index in [1.54, 1.807) is 0 Å². The fourth-order valence-electron chi connectivity index (χ4n) is 2.21. The van der Waals surface area contributed by atoms with Crippen molar-refractivity contribution in [1.82, 2.24) is 14.7 Å². The van der Waals surface area contributed by atoms with Gasteiger partial charge in [-0.15, -0.1) is 0 Å². The Hall–Kier alpha value is -1.65. The highest BCUT2D eigenvalue weighted by atomic mass is 15.2. The van der Waals surface area contributed by atoms with Crippen molar-refractivity contribution in [3.63, 3.8) is 0 Å². The molecule has 0 fully saturated rings. The van der Waals surface area contributed by atoms with E-state index in [4.69, 9.17) is 5.73 Å². The van der Waals surface area contributed by atoms with E-state index in [0.717, 1.165) is 6.54 Å². The second kappa shape index (κ2) is 5.99. The summed E-state index contributed by atoms with van der Waals surface area (Å²) in [7, 11) is 4.03. The van der Waals surface area contributed by atoms with Crippen LogP contribution in [-0.4, -0.2) is 27.8 Å². The molecule has 2 unspecified atom stereocenters. The van der Waals surface area contributed by atoms with Crippen molar-refractivity contribution in [2.75, 3.05) is 7.05 Å². The maximum absolute atomic E-state index is 6.34. The molecule has 0 aliphatic rings. The minimum atomic E-state index is 0.0165. The summed E-state index contributed by atoms with van der Waals surface area (Å²) < 4.78 is 1.82. The van der Waals surface area contributed by atoms with E-state index in [9.17, 15) is 0 Å². The fourth-order valence-corrected chi connectivity index (χ4v) is 2.21. The minimum Gasteiger partial charge on any atom is -0.323 e. The average molecular weight is 258 g/mol. The molecule has 0 amide bonds. The number of aryl methyl sites for hydroxylation is 1. The van der Waals surface area contributed by atoms with Crippen molar-refractivity contribution >= 4 is 0 Å². The lowest BCUT2D eigenvalue weighted by atomic mass is 10.0. The number of hydrogen-bond acceptors (Lipinski definition) is 3. The smallest absolute Gasteiger partial charge is 0.0534 e. The van der Waals surface area contributed by atoms with Crippen LogP contribution in [0.4, 0.5) is 0 Å². The summed E-state index contributed by atoms with van der Waals surface area (Å²) in [5.74, 6) is 0. The third-order valence-electron chi connectivity index (χ3n) is 3.59. The molecular weight excluding hydrogens is 236 g/mol. The van der Waals surface area contributed by atoms with Gasteiger partial charge in [0.15, 0.2) is 0 Å². The lowest BCUT2D eigenvalue weighted by molar-refractivity contribution is 0.219. The van der Waals surface area contributed by atoms with Gasteiger partial charge in [-0.1, -0.05) is 30.3 Å². The number of nitrogens with two attached hydrogens (primary N) is 1. The molecule has 0 spiro atoms. The number of rotatable bonds is 5. The molecule has 2 N–H and O–H groups in total. The van der Waals surface area contributed by atoms with Crippen molar-refractivity contribution in [1.29, 1.82) is 0 Å². The summed E-state index contributed by atoms with van der Waals surface area (Å²) >= 11 is 0. The van der Waals surface area contributed by atoms with E-state index in [1.165, 1.54) is 11.1 Å². The maximum atomic E-state index is 6.34. The molecule has 0 aliphatic carbocycles. The van der Waals surface area contributed by atoms with Gasteiger partial charge in [-0.3, -0.25) is 9.58 Å². The van der Waals surface area contributed by atoms with Crippen molar-refractivity contribution < 1.29 is 0 Å². The van der Waals surface area contributed by atoms with E-state index in [2.05, 4.69) is 36.1 Å². The second-order valence-corrected chi connectivity index (χ2v) is 5.11. The van der Waals surface area contributed by atoms with Gasteiger partial charge >= 0.3 is 0 Å². The largest absolute Gasteiger partial charge is 0.323 e. The van der Waals surface area contributed by atoms with Crippen molar-refractivity contribution in [3.05, 3.63) is 53.9 Å². The SMILES string of the molecule is CC(C(N)c1ccccc1)N(C)Cc1cnn(C)c1. The van der Waals surface area contributed by atoms with E-state index < -0.39 is 0 Å². The molecular formula is C15H22N4. The number of aromatic nitrogens is 2. The topological polar surface area (TPSA) is 47.1 Å². The molecule has 2 aromatic rings. The monoisotopic (exact) mass is 258 g/mol. The Morgan fingerprint density at radius 1 is 1.32 bits per heavy atom. The van der Waals surface area contributed by atoms with Crippen LogP contribution >= 0.6 is 0 Å². The Morgan fingerprint density at radius 3 is 2.58 bits per heavy atom. The molecule has 102 valence electrons. The molecule has 4 nitrogen and oxygen atoms in total. The fraction of sp³-hybridized carbons (Fsp3) is 0.400. The first kappa shape index (κ1) is 13.8. The van der Waals surface area contributed by atoms with Crippen molar-refractivity contribution in [2.24, 2.45) is 12.8 Å². The van der Waals surface area contributed by atoms with Crippen LogP contribution in [-0.2, 0) is 13.6 Å². The Labute approximate surface area is 114 Å². The van der Waals surface area contributed by atoms with Gasteiger partial charge < -0.3 is 5.73 Å². The summed E-state index contributed by atoms with van der Waals surface area (Å²) in [4.78, 5) is 2.26. The van der Waals surface area contributed by atoms with Crippen LogP contribution in [0.2, 0.25) is 0 Å². The average Bonchev–Trinajstić information content (AvgIpc) is 2.83. The van der Waals surface area contributed by atoms with Crippen LogP contribution in [0.15, 0.2) is 42.7 Å². The zero-order valence-corrected chi connectivity index (χ0v) is 11.8. The molecule has 4 heteroatoms. The van der Waals surface area contributed by atoms with Gasteiger partial charge in [-0.25, -0.2) is 0 Å². The van der Waals surface area contributed by atoms with E-state index in [0.29, 0.717) is 0 Å². The van der Waals surface area contributed by atoms with Crippen LogP contribution in [0.25, 0.3) is 0 Å². The molecule has 2 rings (SSSR count). The van der Waals surface area contributed by atoms with E-state index >= 15 is 0 Å². The highest BCUT2D eigenvalue weighted by Gasteiger charge is 2.19. The van der Waals surface area contributed by atoms with Crippen molar-refractivity contribution in [2.45, 2.75) is 25.6 Å². The zero-order valence-electron chi connectivity index (χ0n) is 11.8. The molecule has 1 aromatic heterocycles. The number of nitrogens with zero attached hydrogens (tertiary/aromatic N) is 3. The summed E-state index contributed by atoms with van der Waals surface area (Å²) in [5, 5.41) is 4.19. The highest BCUT2D eigenvalue weighted by Crippen LogP contribution is 2.18. The van der Waals surface area contributed by atoms with Gasteiger partial charge in [0.05, 0.1) is 6.20 Å². The molecule has 0 bridgehead atoms. The number of likely N-dealkylation sites (N-methyl/N-ethyl adjacent to an activating group) is 1. The van der Waals surface area contributed by atoms with Crippen molar-refractivity contribution in [3.8, 4) is 0 Å². The first-order valence-corrected chi connectivity index (χ1v) is 6.56. The van der Waals surface area contributed by atoms with Gasteiger partial charge in [0.2, 0.25) is 0 Å². The first-order valence-electron chi connectivity index (χ1n) is 6.56. The third-order valence-corrected chi connectivity index (χ3v) is 3.59. The van der Waals surface area contributed by atoms with Crippen LogP contribution in [0, 0.1) is 0 Å². The van der Waals surface area contributed by atoms with Crippen LogP contribution < -0.4 is 5.73 Å². The van der Waals surface area contributed by atoms with Gasteiger partial charge in [0.1, 0.15) is 0 Å². The van der Waals surface area contributed by atoms with Crippen LogP contribution in [0.1, 0.15) is 24.1 Å². The molecule has 1 aromatic carbocycles. The lowest BCUT2D eigenvalue weighted by Crippen LogP contribution is -2.37. The number of benzene rings is 1. The molecule has 0 saturated heterocycles. The maximum Gasteiger partial charge on any atom is 0.0534 e. The first-order chi connectivity index (χ1) is 9.08. The summed E-state index contributed by atoms with van der Waals surface area (Å²) in [6.45, 7) is 3.02. The van der Waals surface area contributed by atoms with E-state index in [-0.39, 0.29) is 12.1 Å². The van der Waals surface area contributed by atoms with Gasteiger partial charge in [-0.2, -0.15) is 5.10 Å². The Kier molecular flexibility index (Phi) is 4.35. The lowest BCUT2D eigenvalue weighted by Gasteiger charge is -2.29. The summed E-state index contributed by atoms with van der Waals surface area (Å²) in [6.07, 6.45) is 3.94. The number of hydrogen-bond donors (Lipinski definition) is 1. The molecule has 0 radical (unpaired) electrons.